The maximum absolute atomic E-state index is 5.53. The van der Waals surface area contributed by atoms with Crippen LogP contribution >= 0.6 is 11.3 Å². The normalized spacial score (nSPS) is 13.6. The largest absolute Gasteiger partial charge is 0.330 e. The van der Waals surface area contributed by atoms with Crippen LogP contribution in [0.2, 0.25) is 0 Å². The third-order valence-electron chi connectivity index (χ3n) is 2.93. The first-order chi connectivity index (χ1) is 8.02. The molecule has 1 aromatic rings. The maximum Gasteiger partial charge on any atom is 0.0941 e. The van der Waals surface area contributed by atoms with Gasteiger partial charge >= 0.3 is 0 Å². The van der Waals surface area contributed by atoms with Gasteiger partial charge in [-0.25, -0.2) is 4.98 Å². The number of thiazole rings is 1. The second kappa shape index (κ2) is 7.09. The summed E-state index contributed by atoms with van der Waals surface area (Å²) in [7, 11) is 2.18. The summed E-state index contributed by atoms with van der Waals surface area (Å²) < 4.78 is 0. The van der Waals surface area contributed by atoms with Crippen molar-refractivity contribution < 1.29 is 0 Å². The molecule has 0 aliphatic heterocycles. The Kier molecular flexibility index (Phi) is 6.09. The second-order valence-corrected chi connectivity index (χ2v) is 6.11. The molecule has 0 aromatic carbocycles. The van der Waals surface area contributed by atoms with E-state index >= 15 is 0 Å². The Morgan fingerprint density at radius 3 is 2.71 bits per heavy atom. The van der Waals surface area contributed by atoms with E-state index in [0.717, 1.165) is 23.9 Å². The van der Waals surface area contributed by atoms with Crippen molar-refractivity contribution in [1.29, 1.82) is 0 Å². The number of nitrogens with zero attached hydrogens (tertiary/aromatic N) is 2. The van der Waals surface area contributed by atoms with Crippen molar-refractivity contribution in [3.63, 3.8) is 0 Å². The number of hydrogen-bond donors (Lipinski definition) is 1. The Balaban J connectivity index is 2.46. The Hall–Kier alpha value is -0.450. The van der Waals surface area contributed by atoms with Crippen LogP contribution in [0.4, 0.5) is 0 Å². The lowest BCUT2D eigenvalue weighted by atomic mass is 10.0. The quantitative estimate of drug-likeness (QED) is 0.814. The topological polar surface area (TPSA) is 42.1 Å². The fourth-order valence-electron chi connectivity index (χ4n) is 1.93. The van der Waals surface area contributed by atoms with Crippen LogP contribution in [-0.2, 0) is 13.0 Å². The maximum atomic E-state index is 5.53. The van der Waals surface area contributed by atoms with Crippen molar-refractivity contribution in [2.24, 2.45) is 11.7 Å². The van der Waals surface area contributed by atoms with Gasteiger partial charge in [0.2, 0.25) is 0 Å². The van der Waals surface area contributed by atoms with Gasteiger partial charge in [-0.05, 0) is 32.9 Å². The van der Waals surface area contributed by atoms with Gasteiger partial charge in [0, 0.05) is 24.4 Å². The SMILES string of the molecule is CC(C)CC(C)N(C)Cc1csc(CCN)n1. The highest BCUT2D eigenvalue weighted by molar-refractivity contribution is 7.09. The Morgan fingerprint density at radius 1 is 1.41 bits per heavy atom. The molecule has 0 fully saturated rings. The van der Waals surface area contributed by atoms with Crippen LogP contribution in [0.1, 0.15) is 37.9 Å². The van der Waals surface area contributed by atoms with E-state index in [4.69, 9.17) is 5.73 Å². The Morgan fingerprint density at radius 2 is 2.12 bits per heavy atom. The fraction of sp³-hybridized carbons (Fsp3) is 0.769. The molecule has 0 spiro atoms. The average molecular weight is 255 g/mol. The molecule has 0 aliphatic rings. The summed E-state index contributed by atoms with van der Waals surface area (Å²) in [4.78, 5) is 6.97. The molecule has 3 nitrogen and oxygen atoms in total. The predicted molar refractivity (Wildman–Crippen MR) is 75.3 cm³/mol. The highest BCUT2D eigenvalue weighted by Gasteiger charge is 2.12. The second-order valence-electron chi connectivity index (χ2n) is 5.16. The molecule has 98 valence electrons. The number of nitrogens with two attached hydrogens (primary N) is 1. The molecule has 1 aromatic heterocycles. The Bertz CT molecular complexity index is 322. The molecule has 0 saturated heterocycles. The van der Waals surface area contributed by atoms with E-state index < -0.39 is 0 Å². The first kappa shape index (κ1) is 14.6. The van der Waals surface area contributed by atoms with E-state index in [9.17, 15) is 0 Å². The van der Waals surface area contributed by atoms with E-state index in [0.29, 0.717) is 12.6 Å². The van der Waals surface area contributed by atoms with E-state index in [1.807, 2.05) is 0 Å². The van der Waals surface area contributed by atoms with Gasteiger partial charge in [-0.3, -0.25) is 4.90 Å². The number of rotatable bonds is 7. The van der Waals surface area contributed by atoms with Gasteiger partial charge in [-0.2, -0.15) is 0 Å². The molecular formula is C13H25N3S. The molecular weight excluding hydrogens is 230 g/mol. The molecule has 4 heteroatoms. The van der Waals surface area contributed by atoms with E-state index in [1.165, 1.54) is 12.1 Å². The first-order valence-corrected chi connectivity index (χ1v) is 7.24. The summed E-state index contributed by atoms with van der Waals surface area (Å²) in [5.41, 5.74) is 6.71. The molecule has 0 radical (unpaired) electrons. The van der Waals surface area contributed by atoms with Crippen molar-refractivity contribution in [3.05, 3.63) is 16.1 Å². The summed E-state index contributed by atoms with van der Waals surface area (Å²) >= 11 is 1.72. The van der Waals surface area contributed by atoms with Crippen LogP contribution in [0, 0.1) is 5.92 Å². The van der Waals surface area contributed by atoms with Gasteiger partial charge in [-0.15, -0.1) is 11.3 Å². The number of hydrogen-bond acceptors (Lipinski definition) is 4. The average Bonchev–Trinajstić information content (AvgIpc) is 2.65. The zero-order chi connectivity index (χ0) is 12.8. The molecule has 0 saturated carbocycles. The molecule has 1 atom stereocenters. The summed E-state index contributed by atoms with van der Waals surface area (Å²) in [6, 6.07) is 0.606. The lowest BCUT2D eigenvalue weighted by Gasteiger charge is -2.25. The molecule has 1 heterocycles. The molecule has 1 unspecified atom stereocenters. The lowest BCUT2D eigenvalue weighted by molar-refractivity contribution is 0.218. The van der Waals surface area contributed by atoms with Gasteiger partial charge in [0.1, 0.15) is 0 Å². The molecule has 2 N–H and O–H groups in total. The number of aromatic nitrogens is 1. The third kappa shape index (κ3) is 5.15. The molecule has 17 heavy (non-hydrogen) atoms. The third-order valence-corrected chi connectivity index (χ3v) is 3.89. The molecule has 0 aliphatic carbocycles. The zero-order valence-corrected chi connectivity index (χ0v) is 12.3. The zero-order valence-electron chi connectivity index (χ0n) is 11.4. The first-order valence-electron chi connectivity index (χ1n) is 6.36. The van der Waals surface area contributed by atoms with Crippen LogP contribution in [0.15, 0.2) is 5.38 Å². The molecule has 0 bridgehead atoms. The fourth-order valence-corrected chi connectivity index (χ4v) is 2.74. The van der Waals surface area contributed by atoms with Gasteiger partial charge in [-0.1, -0.05) is 13.8 Å². The standard InChI is InChI=1S/C13H25N3S/c1-10(2)7-11(3)16(4)8-12-9-17-13(15-12)5-6-14/h9-11H,5-8,14H2,1-4H3. The highest BCUT2D eigenvalue weighted by Crippen LogP contribution is 2.15. The molecule has 1 rings (SSSR count). The highest BCUT2D eigenvalue weighted by atomic mass is 32.1. The smallest absolute Gasteiger partial charge is 0.0941 e. The van der Waals surface area contributed by atoms with Crippen molar-refractivity contribution in [2.45, 2.75) is 46.2 Å². The summed E-state index contributed by atoms with van der Waals surface area (Å²) in [6.07, 6.45) is 2.13. The summed E-state index contributed by atoms with van der Waals surface area (Å²) in [5.74, 6) is 0.746. The van der Waals surface area contributed by atoms with Crippen molar-refractivity contribution in [3.8, 4) is 0 Å². The summed E-state index contributed by atoms with van der Waals surface area (Å²) in [6.45, 7) is 8.45. The van der Waals surface area contributed by atoms with Gasteiger partial charge in [0.25, 0.3) is 0 Å². The van der Waals surface area contributed by atoms with Crippen LogP contribution < -0.4 is 5.73 Å². The lowest BCUT2D eigenvalue weighted by Crippen LogP contribution is -2.29. The minimum absolute atomic E-state index is 0.606. The van der Waals surface area contributed by atoms with Gasteiger partial charge < -0.3 is 5.73 Å². The van der Waals surface area contributed by atoms with E-state index in [1.54, 1.807) is 11.3 Å². The van der Waals surface area contributed by atoms with Gasteiger partial charge in [0.15, 0.2) is 0 Å². The van der Waals surface area contributed by atoms with Crippen LogP contribution in [-0.4, -0.2) is 29.5 Å². The van der Waals surface area contributed by atoms with Crippen molar-refractivity contribution >= 4 is 11.3 Å². The minimum Gasteiger partial charge on any atom is -0.330 e. The summed E-state index contributed by atoms with van der Waals surface area (Å²) in [5, 5.41) is 3.32. The van der Waals surface area contributed by atoms with Crippen molar-refractivity contribution in [1.82, 2.24) is 9.88 Å². The van der Waals surface area contributed by atoms with Crippen LogP contribution in [0.5, 0.6) is 0 Å². The predicted octanol–water partition coefficient (Wildman–Crippen LogP) is 2.51. The minimum atomic E-state index is 0.606. The monoisotopic (exact) mass is 255 g/mol. The van der Waals surface area contributed by atoms with Crippen LogP contribution in [0.25, 0.3) is 0 Å². The van der Waals surface area contributed by atoms with E-state index in [2.05, 4.69) is 43.1 Å². The molecule has 0 amide bonds. The van der Waals surface area contributed by atoms with Gasteiger partial charge in [0.05, 0.1) is 10.7 Å². The Labute approximate surface area is 109 Å². The van der Waals surface area contributed by atoms with Crippen molar-refractivity contribution in [2.75, 3.05) is 13.6 Å². The van der Waals surface area contributed by atoms with Crippen LogP contribution in [0.3, 0.4) is 0 Å². The van der Waals surface area contributed by atoms with E-state index in [-0.39, 0.29) is 0 Å².